The monoisotopic (exact) mass is 248 g/mol. The zero-order valence-corrected chi connectivity index (χ0v) is 11.4. The zero-order chi connectivity index (χ0) is 13.4. The van der Waals surface area contributed by atoms with Crippen molar-refractivity contribution in [1.29, 1.82) is 5.41 Å². The fraction of sp³-hybridized carbons (Fsp3) is 0.533. The summed E-state index contributed by atoms with van der Waals surface area (Å²) in [7, 11) is 1.69. The molecule has 0 aliphatic heterocycles. The first-order valence-corrected chi connectivity index (χ1v) is 6.55. The molecule has 0 saturated heterocycles. The third-order valence-electron chi connectivity index (χ3n) is 3.20. The van der Waals surface area contributed by atoms with E-state index in [1.165, 1.54) is 11.1 Å². The van der Waals surface area contributed by atoms with E-state index in [0.29, 0.717) is 19.6 Å². The van der Waals surface area contributed by atoms with Crippen LogP contribution in [0.3, 0.4) is 0 Å². The Bertz CT molecular complexity index is 359. The van der Waals surface area contributed by atoms with Gasteiger partial charge in [0.25, 0.3) is 0 Å². The van der Waals surface area contributed by atoms with E-state index in [9.17, 15) is 0 Å². The summed E-state index contributed by atoms with van der Waals surface area (Å²) in [5.41, 5.74) is 8.73. The highest BCUT2D eigenvalue weighted by atomic mass is 16.5. The highest BCUT2D eigenvalue weighted by molar-refractivity contribution is 5.86. The third-order valence-corrected chi connectivity index (χ3v) is 3.20. The molecule has 0 aliphatic carbocycles. The first kappa shape index (κ1) is 14.9. The molecular formula is C15H24N2O. The second-order valence-electron chi connectivity index (χ2n) is 4.62. The normalized spacial score (nSPS) is 12.4. The van der Waals surface area contributed by atoms with Crippen molar-refractivity contribution in [2.24, 2.45) is 11.7 Å². The van der Waals surface area contributed by atoms with Gasteiger partial charge in [0.2, 0.25) is 0 Å². The van der Waals surface area contributed by atoms with E-state index in [1.807, 2.05) is 0 Å². The summed E-state index contributed by atoms with van der Waals surface area (Å²) in [6, 6.07) is 8.40. The lowest BCUT2D eigenvalue weighted by atomic mass is 9.95. The summed E-state index contributed by atoms with van der Waals surface area (Å²) in [6.45, 7) is 3.42. The van der Waals surface area contributed by atoms with Crippen LogP contribution in [0.2, 0.25) is 0 Å². The first-order chi connectivity index (χ1) is 8.71. The molecule has 1 rings (SSSR count). The predicted molar refractivity (Wildman–Crippen MR) is 76.3 cm³/mol. The number of nitrogens with one attached hydrogen (secondary N) is 1. The number of benzene rings is 1. The Morgan fingerprint density at radius 3 is 2.39 bits per heavy atom. The molecule has 0 bridgehead atoms. The van der Waals surface area contributed by atoms with Crippen LogP contribution in [0.15, 0.2) is 24.3 Å². The number of hydrogen-bond acceptors (Lipinski definition) is 3. The van der Waals surface area contributed by atoms with Gasteiger partial charge >= 0.3 is 0 Å². The molecule has 0 heterocycles. The predicted octanol–water partition coefficient (Wildman–Crippen LogP) is 2.42. The van der Waals surface area contributed by atoms with E-state index in [-0.39, 0.29) is 5.92 Å². The van der Waals surface area contributed by atoms with Crippen LogP contribution >= 0.6 is 0 Å². The SMILES string of the molecule is CC[C@H](COC)C(=N)Cc1ccc(CCN)cc1. The summed E-state index contributed by atoms with van der Waals surface area (Å²) in [5.74, 6) is 0.235. The van der Waals surface area contributed by atoms with E-state index < -0.39 is 0 Å². The van der Waals surface area contributed by atoms with Gasteiger partial charge in [0, 0.05) is 25.2 Å². The van der Waals surface area contributed by atoms with Gasteiger partial charge < -0.3 is 15.9 Å². The molecule has 1 aromatic carbocycles. The Labute approximate surface area is 110 Å². The lowest BCUT2D eigenvalue weighted by molar-refractivity contribution is 0.173. The minimum atomic E-state index is 0.235. The molecular weight excluding hydrogens is 224 g/mol. The van der Waals surface area contributed by atoms with E-state index in [2.05, 4.69) is 31.2 Å². The smallest absolute Gasteiger partial charge is 0.0542 e. The standard InChI is InChI=1S/C15H24N2O/c1-3-14(11-18-2)15(17)10-13-6-4-12(5-7-13)8-9-16/h4-7,14,17H,3,8-11,16H2,1-2H3/t14-/m1/s1. The van der Waals surface area contributed by atoms with Crippen molar-refractivity contribution in [3.63, 3.8) is 0 Å². The zero-order valence-electron chi connectivity index (χ0n) is 11.4. The van der Waals surface area contributed by atoms with Gasteiger partial charge in [-0.1, -0.05) is 31.2 Å². The third kappa shape index (κ3) is 4.59. The van der Waals surface area contributed by atoms with Gasteiger partial charge in [-0.05, 0) is 30.5 Å². The molecule has 3 N–H and O–H groups in total. The van der Waals surface area contributed by atoms with E-state index >= 15 is 0 Å². The van der Waals surface area contributed by atoms with Crippen molar-refractivity contribution >= 4 is 5.71 Å². The summed E-state index contributed by atoms with van der Waals surface area (Å²) in [5, 5.41) is 8.12. The molecule has 3 nitrogen and oxygen atoms in total. The van der Waals surface area contributed by atoms with Crippen LogP contribution in [0.1, 0.15) is 24.5 Å². The molecule has 0 aromatic heterocycles. The van der Waals surface area contributed by atoms with Gasteiger partial charge in [-0.2, -0.15) is 0 Å². The minimum Gasteiger partial charge on any atom is -0.384 e. The van der Waals surface area contributed by atoms with Crippen molar-refractivity contribution in [2.45, 2.75) is 26.2 Å². The van der Waals surface area contributed by atoms with Gasteiger partial charge in [0.05, 0.1) is 6.61 Å². The summed E-state index contributed by atoms with van der Waals surface area (Å²) >= 11 is 0. The topological polar surface area (TPSA) is 59.1 Å². The quantitative estimate of drug-likeness (QED) is 0.694. The molecule has 0 spiro atoms. The minimum absolute atomic E-state index is 0.235. The van der Waals surface area contributed by atoms with Crippen LogP contribution in [-0.2, 0) is 17.6 Å². The van der Waals surface area contributed by atoms with E-state index in [1.54, 1.807) is 7.11 Å². The molecule has 100 valence electrons. The van der Waals surface area contributed by atoms with Crippen molar-refractivity contribution in [2.75, 3.05) is 20.3 Å². The highest BCUT2D eigenvalue weighted by Crippen LogP contribution is 2.12. The number of nitrogens with two attached hydrogens (primary N) is 1. The van der Waals surface area contributed by atoms with Gasteiger partial charge in [0.1, 0.15) is 0 Å². The summed E-state index contributed by atoms with van der Waals surface area (Å²) in [4.78, 5) is 0. The van der Waals surface area contributed by atoms with E-state index in [0.717, 1.165) is 18.6 Å². The number of ether oxygens (including phenoxy) is 1. The Morgan fingerprint density at radius 2 is 1.89 bits per heavy atom. The van der Waals surface area contributed by atoms with Gasteiger partial charge in [-0.15, -0.1) is 0 Å². The number of rotatable bonds is 8. The maximum Gasteiger partial charge on any atom is 0.0542 e. The second-order valence-corrected chi connectivity index (χ2v) is 4.62. The van der Waals surface area contributed by atoms with Gasteiger partial charge in [-0.3, -0.25) is 0 Å². The maximum absolute atomic E-state index is 8.12. The molecule has 18 heavy (non-hydrogen) atoms. The molecule has 0 amide bonds. The van der Waals surface area contributed by atoms with Crippen LogP contribution in [0.5, 0.6) is 0 Å². The Hall–Kier alpha value is -1.19. The molecule has 0 aliphatic rings. The fourth-order valence-electron chi connectivity index (χ4n) is 2.02. The van der Waals surface area contributed by atoms with Gasteiger partial charge in [-0.25, -0.2) is 0 Å². The van der Waals surface area contributed by atoms with Crippen LogP contribution in [-0.4, -0.2) is 26.0 Å². The maximum atomic E-state index is 8.12. The molecule has 0 saturated carbocycles. The lowest BCUT2D eigenvalue weighted by Gasteiger charge is -2.15. The van der Waals surface area contributed by atoms with Crippen molar-refractivity contribution in [3.8, 4) is 0 Å². The second kappa shape index (κ2) is 8.01. The first-order valence-electron chi connectivity index (χ1n) is 6.55. The molecule has 3 heteroatoms. The molecule has 0 unspecified atom stereocenters. The summed E-state index contributed by atoms with van der Waals surface area (Å²) in [6.07, 6.45) is 2.59. The number of hydrogen-bond donors (Lipinski definition) is 2. The van der Waals surface area contributed by atoms with Crippen LogP contribution in [0.4, 0.5) is 0 Å². The molecule has 0 radical (unpaired) electrons. The molecule has 1 aromatic rings. The average Bonchev–Trinajstić information content (AvgIpc) is 2.38. The van der Waals surface area contributed by atoms with Gasteiger partial charge in [0.15, 0.2) is 0 Å². The molecule has 1 atom stereocenters. The average molecular weight is 248 g/mol. The number of methoxy groups -OCH3 is 1. The fourth-order valence-corrected chi connectivity index (χ4v) is 2.02. The summed E-state index contributed by atoms with van der Waals surface area (Å²) < 4.78 is 5.15. The van der Waals surface area contributed by atoms with Crippen molar-refractivity contribution in [3.05, 3.63) is 35.4 Å². The Morgan fingerprint density at radius 1 is 1.28 bits per heavy atom. The van der Waals surface area contributed by atoms with Crippen LogP contribution in [0, 0.1) is 11.3 Å². The molecule has 0 fully saturated rings. The van der Waals surface area contributed by atoms with Crippen LogP contribution in [0.25, 0.3) is 0 Å². The van der Waals surface area contributed by atoms with Crippen LogP contribution < -0.4 is 5.73 Å². The Kier molecular flexibility index (Phi) is 6.61. The lowest BCUT2D eigenvalue weighted by Crippen LogP contribution is -2.20. The largest absolute Gasteiger partial charge is 0.384 e. The van der Waals surface area contributed by atoms with E-state index in [4.69, 9.17) is 15.9 Å². The Balaban J connectivity index is 2.58. The van der Waals surface area contributed by atoms with Crippen molar-refractivity contribution < 1.29 is 4.74 Å². The highest BCUT2D eigenvalue weighted by Gasteiger charge is 2.12. The van der Waals surface area contributed by atoms with Crippen molar-refractivity contribution in [1.82, 2.24) is 0 Å².